The number of aromatic nitrogens is 1. The Balaban J connectivity index is 1.28. The highest BCUT2D eigenvalue weighted by Crippen LogP contribution is 2.39. The molecule has 31 heavy (non-hydrogen) atoms. The molecule has 4 rings (SSSR count). The molecular weight excluding hydrogens is 402 g/mol. The maximum atomic E-state index is 12.6. The topological polar surface area (TPSA) is 45.2 Å². The van der Waals surface area contributed by atoms with E-state index in [1.807, 2.05) is 35.7 Å². The number of carbonyl (C=O) groups is 1. The number of hydrogen-bond acceptors (Lipinski definition) is 4. The standard InChI is InChI=1S/C26H31N3OS/c1-29(2)24(20-9-5-3-6-10-20)21-15-13-19(14-16-21)17-27-25(30)23-18-31-26(28-23)22-11-7-4-8-12-22/h3-12,18-19,21,24H,13-17H2,1-2H3,(H,27,30). The van der Waals surface area contributed by atoms with E-state index in [4.69, 9.17) is 0 Å². The zero-order chi connectivity index (χ0) is 21.6. The second kappa shape index (κ2) is 10.2. The Morgan fingerprint density at radius 2 is 1.68 bits per heavy atom. The number of thiazole rings is 1. The second-order valence-corrected chi connectivity index (χ2v) is 9.57. The molecule has 0 aliphatic heterocycles. The van der Waals surface area contributed by atoms with Crippen molar-refractivity contribution < 1.29 is 4.79 Å². The molecule has 1 heterocycles. The lowest BCUT2D eigenvalue weighted by Crippen LogP contribution is -2.34. The van der Waals surface area contributed by atoms with Crippen LogP contribution in [0.1, 0.15) is 47.8 Å². The summed E-state index contributed by atoms with van der Waals surface area (Å²) in [7, 11) is 4.36. The van der Waals surface area contributed by atoms with Gasteiger partial charge in [-0.15, -0.1) is 11.3 Å². The summed E-state index contributed by atoms with van der Waals surface area (Å²) in [6, 6.07) is 21.3. The van der Waals surface area contributed by atoms with Crippen LogP contribution in [-0.4, -0.2) is 36.4 Å². The number of nitrogens with one attached hydrogen (secondary N) is 1. The van der Waals surface area contributed by atoms with E-state index < -0.39 is 0 Å². The summed E-state index contributed by atoms with van der Waals surface area (Å²) in [6.07, 6.45) is 4.73. The van der Waals surface area contributed by atoms with Crippen LogP contribution >= 0.6 is 11.3 Å². The van der Waals surface area contributed by atoms with E-state index in [9.17, 15) is 4.79 Å². The Hall–Kier alpha value is -2.50. The van der Waals surface area contributed by atoms with Gasteiger partial charge in [0.05, 0.1) is 0 Å². The summed E-state index contributed by atoms with van der Waals surface area (Å²) in [5.41, 5.74) is 2.98. The molecule has 1 fully saturated rings. The van der Waals surface area contributed by atoms with Crippen molar-refractivity contribution in [2.45, 2.75) is 31.7 Å². The lowest BCUT2D eigenvalue weighted by atomic mass is 9.76. The largest absolute Gasteiger partial charge is 0.350 e. The van der Waals surface area contributed by atoms with Crippen molar-refractivity contribution in [2.24, 2.45) is 11.8 Å². The van der Waals surface area contributed by atoms with Crippen molar-refractivity contribution in [3.05, 3.63) is 77.3 Å². The first-order valence-corrected chi connectivity index (χ1v) is 12.0. The lowest BCUT2D eigenvalue weighted by Gasteiger charge is -2.37. The molecule has 1 N–H and O–H groups in total. The van der Waals surface area contributed by atoms with Gasteiger partial charge in [-0.2, -0.15) is 0 Å². The molecule has 0 radical (unpaired) electrons. The third-order valence-corrected chi connectivity index (χ3v) is 7.24. The van der Waals surface area contributed by atoms with Crippen molar-refractivity contribution in [1.29, 1.82) is 0 Å². The lowest BCUT2D eigenvalue weighted by molar-refractivity contribution is 0.0930. The Bertz CT molecular complexity index is 963. The normalized spacial score (nSPS) is 19.8. The van der Waals surface area contributed by atoms with Crippen molar-refractivity contribution in [2.75, 3.05) is 20.6 Å². The van der Waals surface area contributed by atoms with Crippen molar-refractivity contribution in [3.63, 3.8) is 0 Å². The van der Waals surface area contributed by atoms with Gasteiger partial charge >= 0.3 is 0 Å². The van der Waals surface area contributed by atoms with Gasteiger partial charge in [0.1, 0.15) is 10.7 Å². The van der Waals surface area contributed by atoms with E-state index in [1.54, 1.807) is 0 Å². The Labute approximate surface area is 189 Å². The predicted octanol–water partition coefficient (Wildman–Crippen LogP) is 5.65. The van der Waals surface area contributed by atoms with Gasteiger partial charge in [0.25, 0.3) is 5.91 Å². The zero-order valence-corrected chi connectivity index (χ0v) is 19.1. The molecular formula is C26H31N3OS. The fourth-order valence-electron chi connectivity index (χ4n) is 4.77. The van der Waals surface area contributed by atoms with Gasteiger partial charge in [0, 0.05) is 23.5 Å². The third kappa shape index (κ3) is 5.41. The SMILES string of the molecule is CN(C)C(c1ccccc1)C1CCC(CNC(=O)c2csc(-c3ccccc3)n2)CC1. The van der Waals surface area contributed by atoms with Gasteiger partial charge in [-0.25, -0.2) is 4.98 Å². The van der Waals surface area contributed by atoms with E-state index in [-0.39, 0.29) is 5.91 Å². The molecule has 0 spiro atoms. The van der Waals surface area contributed by atoms with E-state index in [2.05, 4.69) is 59.6 Å². The summed E-state index contributed by atoms with van der Waals surface area (Å²) in [6.45, 7) is 0.738. The van der Waals surface area contributed by atoms with Crippen LogP contribution in [0.2, 0.25) is 0 Å². The maximum Gasteiger partial charge on any atom is 0.270 e. The van der Waals surface area contributed by atoms with Gasteiger partial charge in [-0.05, 0) is 57.2 Å². The van der Waals surface area contributed by atoms with Crippen LogP contribution in [0.5, 0.6) is 0 Å². The minimum atomic E-state index is -0.0593. The maximum absolute atomic E-state index is 12.6. The number of benzene rings is 2. The Kier molecular flexibility index (Phi) is 7.15. The van der Waals surface area contributed by atoms with E-state index in [1.165, 1.54) is 29.7 Å². The molecule has 1 saturated carbocycles. The summed E-state index contributed by atoms with van der Waals surface area (Å²) >= 11 is 1.52. The number of hydrogen-bond donors (Lipinski definition) is 1. The molecule has 1 amide bonds. The predicted molar refractivity (Wildman–Crippen MR) is 128 cm³/mol. The highest BCUT2D eigenvalue weighted by Gasteiger charge is 2.30. The van der Waals surface area contributed by atoms with Gasteiger partial charge in [0.15, 0.2) is 0 Å². The molecule has 1 aliphatic carbocycles. The molecule has 162 valence electrons. The second-order valence-electron chi connectivity index (χ2n) is 8.71. The smallest absolute Gasteiger partial charge is 0.270 e. The Morgan fingerprint density at radius 1 is 1.03 bits per heavy atom. The number of rotatable bonds is 7. The fourth-order valence-corrected chi connectivity index (χ4v) is 5.58. The number of nitrogens with zero attached hydrogens (tertiary/aromatic N) is 2. The molecule has 1 atom stereocenters. The van der Waals surface area contributed by atoms with Crippen LogP contribution in [0.3, 0.4) is 0 Å². The number of amides is 1. The van der Waals surface area contributed by atoms with Crippen LogP contribution < -0.4 is 5.32 Å². The summed E-state index contributed by atoms with van der Waals surface area (Å²) in [4.78, 5) is 19.5. The molecule has 1 aliphatic rings. The first kappa shape index (κ1) is 21.7. The molecule has 0 saturated heterocycles. The summed E-state index contributed by atoms with van der Waals surface area (Å²) < 4.78 is 0. The van der Waals surface area contributed by atoms with Gasteiger partial charge in [-0.1, -0.05) is 60.7 Å². The van der Waals surface area contributed by atoms with E-state index in [0.717, 1.165) is 30.0 Å². The molecule has 1 aromatic heterocycles. The molecule has 1 unspecified atom stereocenters. The number of carbonyl (C=O) groups excluding carboxylic acids is 1. The molecule has 2 aromatic carbocycles. The van der Waals surface area contributed by atoms with Crippen molar-refractivity contribution >= 4 is 17.2 Å². The highest BCUT2D eigenvalue weighted by molar-refractivity contribution is 7.13. The molecule has 5 heteroatoms. The zero-order valence-electron chi connectivity index (χ0n) is 18.3. The quantitative estimate of drug-likeness (QED) is 0.524. The van der Waals surface area contributed by atoms with Gasteiger partial charge < -0.3 is 10.2 Å². The minimum Gasteiger partial charge on any atom is -0.350 e. The minimum absolute atomic E-state index is 0.0593. The van der Waals surface area contributed by atoms with Crippen molar-refractivity contribution in [3.8, 4) is 10.6 Å². The average Bonchev–Trinajstić information content (AvgIpc) is 3.30. The molecule has 3 aromatic rings. The van der Waals surface area contributed by atoms with Crippen LogP contribution in [0.15, 0.2) is 66.0 Å². The summed E-state index contributed by atoms with van der Waals surface area (Å²) in [5, 5.41) is 5.87. The van der Waals surface area contributed by atoms with Crippen LogP contribution in [0.25, 0.3) is 10.6 Å². The first-order valence-electron chi connectivity index (χ1n) is 11.1. The third-order valence-electron chi connectivity index (χ3n) is 6.34. The molecule has 4 nitrogen and oxygen atoms in total. The average molecular weight is 434 g/mol. The van der Waals surface area contributed by atoms with Crippen LogP contribution in [0, 0.1) is 11.8 Å². The van der Waals surface area contributed by atoms with E-state index >= 15 is 0 Å². The first-order chi connectivity index (χ1) is 15.1. The summed E-state index contributed by atoms with van der Waals surface area (Å²) in [5.74, 6) is 1.15. The molecule has 0 bridgehead atoms. The fraction of sp³-hybridized carbons (Fsp3) is 0.385. The Morgan fingerprint density at radius 3 is 2.32 bits per heavy atom. The highest BCUT2D eigenvalue weighted by atomic mass is 32.1. The van der Waals surface area contributed by atoms with Gasteiger partial charge in [-0.3, -0.25) is 4.79 Å². The van der Waals surface area contributed by atoms with Crippen LogP contribution in [-0.2, 0) is 0 Å². The van der Waals surface area contributed by atoms with Crippen molar-refractivity contribution in [1.82, 2.24) is 15.2 Å². The monoisotopic (exact) mass is 433 g/mol. The van der Waals surface area contributed by atoms with Crippen LogP contribution in [0.4, 0.5) is 0 Å². The van der Waals surface area contributed by atoms with E-state index in [0.29, 0.717) is 23.6 Å². The van der Waals surface area contributed by atoms with Gasteiger partial charge in [0.2, 0.25) is 0 Å².